The van der Waals surface area contributed by atoms with Crippen molar-refractivity contribution in [3.05, 3.63) is 41.8 Å². The maximum absolute atomic E-state index is 12.1. The van der Waals surface area contributed by atoms with Crippen molar-refractivity contribution >= 4 is 22.9 Å². The summed E-state index contributed by atoms with van der Waals surface area (Å²) in [5.74, 6) is 0.287. The number of para-hydroxylation sites is 1. The zero-order valence-corrected chi connectivity index (χ0v) is 12.5. The van der Waals surface area contributed by atoms with Crippen molar-refractivity contribution in [2.75, 3.05) is 11.9 Å². The van der Waals surface area contributed by atoms with Crippen LogP contribution in [0.1, 0.15) is 19.8 Å². The molecule has 2 rings (SSSR count). The van der Waals surface area contributed by atoms with Gasteiger partial charge in [-0.3, -0.25) is 4.79 Å². The van der Waals surface area contributed by atoms with Gasteiger partial charge in [0.1, 0.15) is 0 Å². The van der Waals surface area contributed by atoms with Crippen LogP contribution >= 0.6 is 11.3 Å². The molecule has 0 saturated carbocycles. The van der Waals surface area contributed by atoms with E-state index in [1.807, 2.05) is 35.7 Å². The van der Waals surface area contributed by atoms with Gasteiger partial charge in [0.05, 0.1) is 0 Å². The molecule has 1 heterocycles. The second-order valence-electron chi connectivity index (χ2n) is 4.79. The summed E-state index contributed by atoms with van der Waals surface area (Å²) in [5.41, 5.74) is 7.59. The summed E-state index contributed by atoms with van der Waals surface area (Å²) >= 11 is 1.67. The fourth-order valence-electron chi connectivity index (χ4n) is 2.10. The largest absolute Gasteiger partial charge is 0.330 e. The van der Waals surface area contributed by atoms with Crippen LogP contribution in [-0.2, 0) is 4.79 Å². The van der Waals surface area contributed by atoms with Gasteiger partial charge in [-0.15, -0.1) is 11.3 Å². The molecule has 2 aromatic rings. The molecule has 3 nitrogen and oxygen atoms in total. The van der Waals surface area contributed by atoms with Crippen molar-refractivity contribution in [2.24, 2.45) is 11.7 Å². The Kier molecular flexibility index (Phi) is 5.32. The van der Waals surface area contributed by atoms with Gasteiger partial charge in [0.25, 0.3) is 0 Å². The lowest BCUT2D eigenvalue weighted by atomic mass is 10.0. The van der Waals surface area contributed by atoms with Crippen LogP contribution in [0, 0.1) is 5.92 Å². The number of nitrogens with one attached hydrogen (secondary N) is 1. The van der Waals surface area contributed by atoms with Gasteiger partial charge in [0.2, 0.25) is 5.91 Å². The molecule has 0 saturated heterocycles. The van der Waals surface area contributed by atoms with E-state index in [-0.39, 0.29) is 11.8 Å². The topological polar surface area (TPSA) is 55.1 Å². The normalized spacial score (nSPS) is 12.1. The van der Waals surface area contributed by atoms with Crippen LogP contribution in [0.4, 0.5) is 5.69 Å². The first-order chi connectivity index (χ1) is 9.74. The van der Waals surface area contributed by atoms with Crippen LogP contribution in [0.5, 0.6) is 0 Å². The number of hydrogen-bond acceptors (Lipinski definition) is 3. The standard InChI is InChI=1S/C16H20N2OS/c1-2-12(11-17)10-16(19)18-14-7-4-3-6-13(14)15-8-5-9-20-15/h3-9,12H,2,10-11,17H2,1H3,(H,18,19). The Morgan fingerprint density at radius 2 is 2.10 bits per heavy atom. The molecule has 1 aromatic carbocycles. The molecule has 1 amide bonds. The quantitative estimate of drug-likeness (QED) is 0.851. The Labute approximate surface area is 123 Å². The van der Waals surface area contributed by atoms with Gasteiger partial charge in [0.15, 0.2) is 0 Å². The minimum Gasteiger partial charge on any atom is -0.330 e. The molecule has 4 heteroatoms. The van der Waals surface area contributed by atoms with Gasteiger partial charge < -0.3 is 11.1 Å². The molecule has 0 aliphatic carbocycles. The van der Waals surface area contributed by atoms with Crippen molar-refractivity contribution in [1.29, 1.82) is 0 Å². The zero-order valence-electron chi connectivity index (χ0n) is 11.6. The van der Waals surface area contributed by atoms with E-state index < -0.39 is 0 Å². The summed E-state index contributed by atoms with van der Waals surface area (Å²) < 4.78 is 0. The number of nitrogens with two attached hydrogens (primary N) is 1. The average molecular weight is 288 g/mol. The lowest BCUT2D eigenvalue weighted by molar-refractivity contribution is -0.117. The maximum Gasteiger partial charge on any atom is 0.224 e. The van der Waals surface area contributed by atoms with E-state index in [2.05, 4.69) is 18.3 Å². The van der Waals surface area contributed by atoms with Gasteiger partial charge in [-0.25, -0.2) is 0 Å². The number of rotatable bonds is 6. The van der Waals surface area contributed by atoms with Crippen LogP contribution in [0.25, 0.3) is 10.4 Å². The van der Waals surface area contributed by atoms with E-state index in [1.165, 1.54) is 0 Å². The molecule has 3 N–H and O–H groups in total. The van der Waals surface area contributed by atoms with E-state index in [1.54, 1.807) is 11.3 Å². The molecule has 1 aromatic heterocycles. The summed E-state index contributed by atoms with van der Waals surface area (Å²) in [5, 5.41) is 5.05. The summed E-state index contributed by atoms with van der Waals surface area (Å²) in [7, 11) is 0. The highest BCUT2D eigenvalue weighted by atomic mass is 32.1. The van der Waals surface area contributed by atoms with Crippen molar-refractivity contribution in [3.8, 4) is 10.4 Å². The molecule has 0 radical (unpaired) electrons. The second kappa shape index (κ2) is 7.22. The first-order valence-electron chi connectivity index (χ1n) is 6.87. The third-order valence-electron chi connectivity index (χ3n) is 3.37. The summed E-state index contributed by atoms with van der Waals surface area (Å²) in [6.45, 7) is 2.61. The smallest absolute Gasteiger partial charge is 0.224 e. The van der Waals surface area contributed by atoms with E-state index in [9.17, 15) is 4.79 Å². The fraction of sp³-hybridized carbons (Fsp3) is 0.312. The first kappa shape index (κ1) is 14.8. The number of amides is 1. The van der Waals surface area contributed by atoms with Crippen molar-refractivity contribution in [2.45, 2.75) is 19.8 Å². The van der Waals surface area contributed by atoms with Crippen LogP contribution in [0.3, 0.4) is 0 Å². The number of hydrogen-bond donors (Lipinski definition) is 2. The fourth-order valence-corrected chi connectivity index (χ4v) is 2.86. The predicted molar refractivity (Wildman–Crippen MR) is 85.8 cm³/mol. The average Bonchev–Trinajstić information content (AvgIpc) is 2.99. The monoisotopic (exact) mass is 288 g/mol. The second-order valence-corrected chi connectivity index (χ2v) is 5.73. The van der Waals surface area contributed by atoms with Gasteiger partial charge in [-0.1, -0.05) is 37.6 Å². The number of thiophene rings is 1. The number of anilines is 1. The van der Waals surface area contributed by atoms with Gasteiger partial charge in [-0.05, 0) is 30.0 Å². The minimum atomic E-state index is 0.0336. The van der Waals surface area contributed by atoms with Crippen molar-refractivity contribution in [1.82, 2.24) is 0 Å². The summed E-state index contributed by atoms with van der Waals surface area (Å²) in [6.07, 6.45) is 1.41. The van der Waals surface area contributed by atoms with Crippen molar-refractivity contribution in [3.63, 3.8) is 0 Å². The molecule has 0 spiro atoms. The Morgan fingerprint density at radius 3 is 2.75 bits per heavy atom. The molecule has 106 valence electrons. The van der Waals surface area contributed by atoms with Gasteiger partial charge in [-0.2, -0.15) is 0 Å². The summed E-state index contributed by atoms with van der Waals surface area (Å²) in [6, 6.07) is 12.0. The van der Waals surface area contributed by atoms with E-state index in [0.29, 0.717) is 13.0 Å². The highest BCUT2D eigenvalue weighted by molar-refractivity contribution is 7.13. The van der Waals surface area contributed by atoms with Crippen LogP contribution in [-0.4, -0.2) is 12.5 Å². The molecule has 20 heavy (non-hydrogen) atoms. The third kappa shape index (κ3) is 3.68. The molecule has 0 aliphatic heterocycles. The number of carbonyl (C=O) groups is 1. The van der Waals surface area contributed by atoms with E-state index in [4.69, 9.17) is 5.73 Å². The Balaban J connectivity index is 2.12. The van der Waals surface area contributed by atoms with Gasteiger partial charge >= 0.3 is 0 Å². The molecular formula is C16H20N2OS. The van der Waals surface area contributed by atoms with Gasteiger partial charge in [0, 0.05) is 22.5 Å². The van der Waals surface area contributed by atoms with Crippen molar-refractivity contribution < 1.29 is 4.79 Å². The first-order valence-corrected chi connectivity index (χ1v) is 7.75. The van der Waals surface area contributed by atoms with E-state index >= 15 is 0 Å². The minimum absolute atomic E-state index is 0.0336. The molecule has 0 aliphatic rings. The van der Waals surface area contributed by atoms with Crippen LogP contribution in [0.15, 0.2) is 41.8 Å². The molecule has 0 fully saturated rings. The lowest BCUT2D eigenvalue weighted by Gasteiger charge is -2.14. The molecule has 1 atom stereocenters. The summed E-state index contributed by atoms with van der Waals surface area (Å²) in [4.78, 5) is 13.3. The zero-order chi connectivity index (χ0) is 14.4. The van der Waals surface area contributed by atoms with Crippen LogP contribution in [0.2, 0.25) is 0 Å². The number of carbonyl (C=O) groups excluding carboxylic acids is 1. The highest BCUT2D eigenvalue weighted by Crippen LogP contribution is 2.31. The SMILES string of the molecule is CCC(CN)CC(=O)Nc1ccccc1-c1cccs1. The highest BCUT2D eigenvalue weighted by Gasteiger charge is 2.13. The Bertz CT molecular complexity index is 547. The molecule has 1 unspecified atom stereocenters. The number of benzene rings is 1. The predicted octanol–water partition coefficient (Wildman–Crippen LogP) is 3.73. The van der Waals surface area contributed by atoms with E-state index in [0.717, 1.165) is 22.5 Å². The Morgan fingerprint density at radius 1 is 1.30 bits per heavy atom. The third-order valence-corrected chi connectivity index (χ3v) is 4.28. The Hall–Kier alpha value is -1.65. The molecule has 0 bridgehead atoms. The molecular weight excluding hydrogens is 268 g/mol. The lowest BCUT2D eigenvalue weighted by Crippen LogP contribution is -2.21. The maximum atomic E-state index is 12.1. The van der Waals surface area contributed by atoms with Crippen LogP contribution < -0.4 is 11.1 Å².